The first-order chi connectivity index (χ1) is 14.1. The number of nitrogens with zero attached hydrogens (tertiary/aromatic N) is 1. The van der Waals surface area contributed by atoms with E-state index in [-0.39, 0.29) is 12.5 Å². The lowest BCUT2D eigenvalue weighted by atomic mass is 10.1. The lowest BCUT2D eigenvalue weighted by Crippen LogP contribution is -2.21. The Morgan fingerprint density at radius 2 is 1.90 bits per heavy atom. The van der Waals surface area contributed by atoms with Gasteiger partial charge in [0.2, 0.25) is 0 Å². The molecule has 29 heavy (non-hydrogen) atoms. The van der Waals surface area contributed by atoms with E-state index >= 15 is 0 Å². The fraction of sp³-hybridized carbons (Fsp3) is 0.0870. The molecule has 4 aromatic rings. The topological polar surface area (TPSA) is 68.3 Å². The van der Waals surface area contributed by atoms with Gasteiger partial charge in [-0.05, 0) is 48.2 Å². The van der Waals surface area contributed by atoms with Gasteiger partial charge in [-0.25, -0.2) is 9.78 Å². The zero-order valence-corrected chi connectivity index (χ0v) is 16.5. The van der Waals surface area contributed by atoms with Crippen molar-refractivity contribution in [3.8, 4) is 10.6 Å². The Bertz CT molecular complexity index is 1190. The molecule has 0 fully saturated rings. The summed E-state index contributed by atoms with van der Waals surface area (Å²) in [6.45, 7) is 1.58. The Hall–Kier alpha value is -3.51. The summed E-state index contributed by atoms with van der Waals surface area (Å²) in [7, 11) is 0. The van der Waals surface area contributed by atoms with Gasteiger partial charge in [-0.15, -0.1) is 11.3 Å². The van der Waals surface area contributed by atoms with Crippen molar-refractivity contribution in [3.63, 3.8) is 0 Å². The Labute approximate surface area is 172 Å². The normalized spacial score (nSPS) is 10.7. The van der Waals surface area contributed by atoms with Crippen molar-refractivity contribution < 1.29 is 14.3 Å². The summed E-state index contributed by atoms with van der Waals surface area (Å²) in [5.74, 6) is -0.943. The minimum Gasteiger partial charge on any atom is -0.452 e. The quantitative estimate of drug-likeness (QED) is 0.474. The number of carbonyl (C=O) groups is 2. The molecule has 6 heteroatoms. The van der Waals surface area contributed by atoms with Gasteiger partial charge in [-0.3, -0.25) is 4.79 Å². The van der Waals surface area contributed by atoms with E-state index in [0.29, 0.717) is 27.8 Å². The van der Waals surface area contributed by atoms with Crippen LogP contribution in [-0.2, 0) is 9.53 Å². The van der Waals surface area contributed by atoms with E-state index in [9.17, 15) is 9.59 Å². The fourth-order valence-electron chi connectivity index (χ4n) is 3.02. The maximum atomic E-state index is 12.8. The monoisotopic (exact) mass is 402 g/mol. The van der Waals surface area contributed by atoms with Crippen LogP contribution < -0.4 is 5.32 Å². The molecule has 0 radical (unpaired) electrons. The number of rotatable bonds is 5. The Kier molecular flexibility index (Phi) is 5.35. The molecule has 144 valence electrons. The summed E-state index contributed by atoms with van der Waals surface area (Å²) < 4.78 is 5.30. The Morgan fingerprint density at radius 1 is 1.03 bits per heavy atom. The first kappa shape index (κ1) is 18.8. The largest absolute Gasteiger partial charge is 0.452 e. The number of nitrogens with one attached hydrogen (secondary N) is 1. The SMILES string of the molecule is Cc1cccc(NC(=O)COC(=O)c2cc(-c3cccs3)nc3ccccc23)c1. The van der Waals surface area contributed by atoms with Gasteiger partial charge < -0.3 is 10.1 Å². The number of amides is 1. The number of hydrogen-bond donors (Lipinski definition) is 1. The molecule has 0 saturated carbocycles. The summed E-state index contributed by atoms with van der Waals surface area (Å²) in [5.41, 5.74) is 3.50. The van der Waals surface area contributed by atoms with Crippen molar-refractivity contribution in [1.29, 1.82) is 0 Å². The molecule has 5 nitrogen and oxygen atoms in total. The molecule has 2 aromatic heterocycles. The number of pyridine rings is 1. The average molecular weight is 402 g/mol. The van der Waals surface area contributed by atoms with Gasteiger partial charge in [0.25, 0.3) is 5.91 Å². The number of esters is 1. The van der Waals surface area contributed by atoms with E-state index in [1.165, 1.54) is 0 Å². The molecule has 0 unspecified atom stereocenters. The van der Waals surface area contributed by atoms with E-state index < -0.39 is 5.97 Å². The van der Waals surface area contributed by atoms with Crippen LogP contribution in [-0.4, -0.2) is 23.5 Å². The van der Waals surface area contributed by atoms with Crippen LogP contribution in [0.15, 0.2) is 72.1 Å². The van der Waals surface area contributed by atoms with E-state index in [1.54, 1.807) is 23.5 Å². The number of fused-ring (bicyclic) bond motifs is 1. The minimum atomic E-state index is -0.555. The molecule has 0 atom stereocenters. The molecule has 0 bridgehead atoms. The lowest BCUT2D eigenvalue weighted by molar-refractivity contribution is -0.119. The predicted molar refractivity (Wildman–Crippen MR) is 115 cm³/mol. The number of para-hydroxylation sites is 1. The summed E-state index contributed by atoms with van der Waals surface area (Å²) >= 11 is 1.55. The van der Waals surface area contributed by atoms with Gasteiger partial charge >= 0.3 is 5.97 Å². The maximum absolute atomic E-state index is 12.8. The van der Waals surface area contributed by atoms with Crippen molar-refractivity contribution in [3.05, 3.63) is 83.2 Å². The zero-order chi connectivity index (χ0) is 20.2. The predicted octanol–water partition coefficient (Wildman–Crippen LogP) is 5.07. The third kappa shape index (κ3) is 4.33. The third-order valence-corrected chi connectivity index (χ3v) is 5.24. The zero-order valence-electron chi connectivity index (χ0n) is 15.7. The highest BCUT2D eigenvalue weighted by Crippen LogP contribution is 2.28. The third-order valence-electron chi connectivity index (χ3n) is 4.35. The number of anilines is 1. The summed E-state index contributed by atoms with van der Waals surface area (Å²) in [5, 5.41) is 5.38. The maximum Gasteiger partial charge on any atom is 0.339 e. The van der Waals surface area contributed by atoms with Crippen LogP contribution >= 0.6 is 11.3 Å². The summed E-state index contributed by atoms with van der Waals surface area (Å²) in [4.78, 5) is 30.5. The number of ether oxygens (including phenoxy) is 1. The number of benzene rings is 2. The number of aryl methyl sites for hydroxylation is 1. The first-order valence-corrected chi connectivity index (χ1v) is 9.95. The second-order valence-corrected chi connectivity index (χ2v) is 7.49. The number of aromatic nitrogens is 1. The van der Waals surface area contributed by atoms with Gasteiger partial charge in [-0.1, -0.05) is 36.4 Å². The fourth-order valence-corrected chi connectivity index (χ4v) is 3.71. The molecule has 4 rings (SSSR count). The van der Waals surface area contributed by atoms with Crippen LogP contribution in [0.5, 0.6) is 0 Å². The molecule has 0 spiro atoms. The van der Waals surface area contributed by atoms with Crippen LogP contribution in [0.4, 0.5) is 5.69 Å². The highest BCUT2D eigenvalue weighted by atomic mass is 32.1. The van der Waals surface area contributed by atoms with Gasteiger partial charge in [0.05, 0.1) is 21.7 Å². The average Bonchev–Trinajstić information content (AvgIpc) is 3.26. The molecule has 1 amide bonds. The molecule has 0 aliphatic heterocycles. The van der Waals surface area contributed by atoms with Crippen LogP contribution in [0.2, 0.25) is 0 Å². The van der Waals surface area contributed by atoms with Crippen molar-refractivity contribution >= 4 is 39.8 Å². The minimum absolute atomic E-state index is 0.363. The van der Waals surface area contributed by atoms with Crippen molar-refractivity contribution in [2.75, 3.05) is 11.9 Å². The molecular formula is C23H18N2O3S. The van der Waals surface area contributed by atoms with E-state index in [1.807, 2.05) is 66.9 Å². The Morgan fingerprint density at radius 3 is 2.69 bits per heavy atom. The second kappa shape index (κ2) is 8.24. The first-order valence-electron chi connectivity index (χ1n) is 9.07. The number of carbonyl (C=O) groups excluding carboxylic acids is 2. The van der Waals surface area contributed by atoms with E-state index in [2.05, 4.69) is 10.3 Å². The molecule has 1 N–H and O–H groups in total. The van der Waals surface area contributed by atoms with E-state index in [0.717, 1.165) is 10.4 Å². The van der Waals surface area contributed by atoms with Gasteiger partial charge in [0.15, 0.2) is 6.61 Å². The number of hydrogen-bond acceptors (Lipinski definition) is 5. The van der Waals surface area contributed by atoms with Crippen molar-refractivity contribution in [2.45, 2.75) is 6.92 Å². The van der Waals surface area contributed by atoms with Crippen molar-refractivity contribution in [2.24, 2.45) is 0 Å². The van der Waals surface area contributed by atoms with Gasteiger partial charge in [0, 0.05) is 11.1 Å². The smallest absolute Gasteiger partial charge is 0.339 e. The molecule has 2 heterocycles. The van der Waals surface area contributed by atoms with Crippen LogP contribution in [0.1, 0.15) is 15.9 Å². The molecule has 2 aromatic carbocycles. The van der Waals surface area contributed by atoms with Crippen molar-refractivity contribution in [1.82, 2.24) is 4.98 Å². The lowest BCUT2D eigenvalue weighted by Gasteiger charge is -2.10. The standard InChI is InChI=1S/C23H18N2O3S/c1-15-6-4-7-16(12-15)24-22(26)14-28-23(27)18-13-20(21-10-5-11-29-21)25-19-9-3-2-8-17(18)19/h2-13H,14H2,1H3,(H,24,26). The summed E-state index contributed by atoms with van der Waals surface area (Å²) in [6.07, 6.45) is 0. The molecule has 0 saturated heterocycles. The molecule has 0 aliphatic rings. The molecule has 0 aliphatic carbocycles. The van der Waals surface area contributed by atoms with Crippen LogP contribution in [0.3, 0.4) is 0 Å². The van der Waals surface area contributed by atoms with Gasteiger partial charge in [-0.2, -0.15) is 0 Å². The molecular weight excluding hydrogens is 384 g/mol. The number of thiophene rings is 1. The van der Waals surface area contributed by atoms with E-state index in [4.69, 9.17) is 4.74 Å². The Balaban J connectivity index is 1.54. The highest BCUT2D eigenvalue weighted by molar-refractivity contribution is 7.13. The van der Waals surface area contributed by atoms with Crippen LogP contribution in [0, 0.1) is 6.92 Å². The highest BCUT2D eigenvalue weighted by Gasteiger charge is 2.17. The summed E-state index contributed by atoms with van der Waals surface area (Å²) in [6, 6.07) is 20.4. The second-order valence-electron chi connectivity index (χ2n) is 6.54. The van der Waals surface area contributed by atoms with Crippen LogP contribution in [0.25, 0.3) is 21.5 Å². The van der Waals surface area contributed by atoms with Gasteiger partial charge in [0.1, 0.15) is 0 Å².